The molecule has 0 saturated heterocycles. The quantitative estimate of drug-likeness (QED) is 0.762. The van der Waals surface area contributed by atoms with Crippen LogP contribution >= 0.6 is 0 Å². The van der Waals surface area contributed by atoms with E-state index in [1.807, 2.05) is 0 Å². The molecule has 0 aliphatic heterocycles. The molecule has 0 unspecified atom stereocenters. The summed E-state index contributed by atoms with van der Waals surface area (Å²) in [5, 5.41) is 8.67. The molecule has 0 aromatic heterocycles. The van der Waals surface area contributed by atoms with Gasteiger partial charge in [0.05, 0.1) is 6.42 Å². The lowest BCUT2D eigenvalue weighted by Gasteiger charge is -2.35. The van der Waals surface area contributed by atoms with Crippen LogP contribution in [0, 0.1) is 5.92 Å². The molecule has 0 amide bonds. The zero-order valence-electron chi connectivity index (χ0n) is 9.91. The third-order valence-electron chi connectivity index (χ3n) is 3.52. The maximum Gasteiger partial charge on any atom is 0.304 e. The number of carboxylic acid groups (broad SMARTS) is 1. The lowest BCUT2D eigenvalue weighted by molar-refractivity contribution is -0.137. The predicted octanol–water partition coefficient (Wildman–Crippen LogP) is 2.36. The van der Waals surface area contributed by atoms with Crippen LogP contribution in [0.4, 0.5) is 0 Å². The fourth-order valence-electron chi connectivity index (χ4n) is 2.45. The zero-order valence-corrected chi connectivity index (χ0v) is 9.91. The summed E-state index contributed by atoms with van der Waals surface area (Å²) in [6.07, 6.45) is 5.37. The van der Waals surface area contributed by atoms with Gasteiger partial charge in [0.2, 0.25) is 0 Å². The van der Waals surface area contributed by atoms with Crippen LogP contribution in [0.15, 0.2) is 0 Å². The van der Waals surface area contributed by atoms with Crippen LogP contribution in [0.5, 0.6) is 0 Å². The Morgan fingerprint density at radius 2 is 1.93 bits per heavy atom. The van der Waals surface area contributed by atoms with Crippen LogP contribution in [0.1, 0.15) is 46.0 Å². The van der Waals surface area contributed by atoms with Crippen molar-refractivity contribution in [2.45, 2.75) is 52.0 Å². The number of aliphatic carboxylic acids is 1. The summed E-state index contributed by atoms with van der Waals surface area (Å²) in [6, 6.07) is 0.630. The maximum atomic E-state index is 10.5. The minimum atomic E-state index is -0.683. The van der Waals surface area contributed by atoms with Crippen molar-refractivity contribution < 1.29 is 9.90 Å². The first-order chi connectivity index (χ1) is 7.13. The number of hydrogen-bond donors (Lipinski definition) is 1. The SMILES string of the molecule is CCN(CCC(=O)O)C1CCC(C)CC1. The molecular weight excluding hydrogens is 190 g/mol. The van der Waals surface area contributed by atoms with Gasteiger partial charge in [0, 0.05) is 12.6 Å². The Labute approximate surface area is 92.5 Å². The molecule has 0 aromatic rings. The Morgan fingerprint density at radius 1 is 1.33 bits per heavy atom. The average molecular weight is 213 g/mol. The van der Waals surface area contributed by atoms with E-state index >= 15 is 0 Å². The van der Waals surface area contributed by atoms with E-state index in [0.29, 0.717) is 12.6 Å². The Balaban J connectivity index is 2.34. The highest BCUT2D eigenvalue weighted by Crippen LogP contribution is 2.26. The van der Waals surface area contributed by atoms with Gasteiger partial charge in [0.15, 0.2) is 0 Å². The van der Waals surface area contributed by atoms with Gasteiger partial charge in [0.25, 0.3) is 0 Å². The number of carbonyl (C=O) groups is 1. The molecule has 1 rings (SSSR count). The second kappa shape index (κ2) is 6.11. The largest absolute Gasteiger partial charge is 0.481 e. The molecule has 0 atom stereocenters. The van der Waals surface area contributed by atoms with Gasteiger partial charge >= 0.3 is 5.97 Å². The molecule has 15 heavy (non-hydrogen) atoms. The molecule has 0 bridgehead atoms. The first kappa shape index (κ1) is 12.5. The maximum absolute atomic E-state index is 10.5. The molecule has 0 aromatic carbocycles. The van der Waals surface area contributed by atoms with Crippen molar-refractivity contribution in [1.82, 2.24) is 4.90 Å². The van der Waals surface area contributed by atoms with Crippen molar-refractivity contribution in [3.63, 3.8) is 0 Å². The van der Waals surface area contributed by atoms with Crippen molar-refractivity contribution in [3.05, 3.63) is 0 Å². The summed E-state index contributed by atoms with van der Waals surface area (Å²) < 4.78 is 0. The lowest BCUT2D eigenvalue weighted by atomic mass is 9.86. The van der Waals surface area contributed by atoms with E-state index in [4.69, 9.17) is 5.11 Å². The highest BCUT2D eigenvalue weighted by molar-refractivity contribution is 5.66. The molecule has 3 heteroatoms. The van der Waals surface area contributed by atoms with E-state index in [1.54, 1.807) is 0 Å². The molecule has 1 N–H and O–H groups in total. The van der Waals surface area contributed by atoms with Crippen molar-refractivity contribution in [1.29, 1.82) is 0 Å². The summed E-state index contributed by atoms with van der Waals surface area (Å²) >= 11 is 0. The number of rotatable bonds is 5. The lowest BCUT2D eigenvalue weighted by Crippen LogP contribution is -2.39. The molecule has 1 aliphatic rings. The van der Waals surface area contributed by atoms with E-state index in [0.717, 1.165) is 12.5 Å². The summed E-state index contributed by atoms with van der Waals surface area (Å²) in [7, 11) is 0. The van der Waals surface area contributed by atoms with Crippen molar-refractivity contribution in [2.24, 2.45) is 5.92 Å². The van der Waals surface area contributed by atoms with Crippen LogP contribution in [0.3, 0.4) is 0 Å². The number of carboxylic acids is 1. The number of nitrogens with zero attached hydrogens (tertiary/aromatic N) is 1. The van der Waals surface area contributed by atoms with Gasteiger partial charge in [-0.05, 0) is 38.1 Å². The Kier molecular flexibility index (Phi) is 5.09. The second-order valence-electron chi connectivity index (χ2n) is 4.69. The van der Waals surface area contributed by atoms with Crippen molar-refractivity contribution >= 4 is 5.97 Å². The Hall–Kier alpha value is -0.570. The smallest absolute Gasteiger partial charge is 0.304 e. The van der Waals surface area contributed by atoms with E-state index in [9.17, 15) is 4.79 Å². The molecule has 0 radical (unpaired) electrons. The minimum absolute atomic E-state index is 0.278. The average Bonchev–Trinajstić information content (AvgIpc) is 2.21. The monoisotopic (exact) mass is 213 g/mol. The molecule has 0 spiro atoms. The van der Waals surface area contributed by atoms with E-state index in [2.05, 4.69) is 18.7 Å². The standard InChI is InChI=1S/C12H23NO2/c1-3-13(9-8-12(14)15)11-6-4-10(2)5-7-11/h10-11H,3-9H2,1-2H3,(H,14,15). The first-order valence-corrected chi connectivity index (χ1v) is 6.09. The predicted molar refractivity (Wildman–Crippen MR) is 60.9 cm³/mol. The van der Waals surface area contributed by atoms with Gasteiger partial charge in [-0.15, -0.1) is 0 Å². The Morgan fingerprint density at radius 3 is 2.40 bits per heavy atom. The van der Waals surface area contributed by atoms with Crippen LogP contribution in [0.25, 0.3) is 0 Å². The summed E-state index contributed by atoms with van der Waals surface area (Å²) in [4.78, 5) is 12.9. The zero-order chi connectivity index (χ0) is 11.3. The van der Waals surface area contributed by atoms with E-state index in [1.165, 1.54) is 25.7 Å². The van der Waals surface area contributed by atoms with Gasteiger partial charge in [-0.2, -0.15) is 0 Å². The molecular formula is C12H23NO2. The summed E-state index contributed by atoms with van der Waals surface area (Å²) in [5.74, 6) is 0.178. The normalized spacial score (nSPS) is 26.9. The first-order valence-electron chi connectivity index (χ1n) is 6.09. The van der Waals surface area contributed by atoms with Gasteiger partial charge in [-0.1, -0.05) is 13.8 Å². The van der Waals surface area contributed by atoms with E-state index < -0.39 is 5.97 Å². The van der Waals surface area contributed by atoms with Crippen LogP contribution in [-0.2, 0) is 4.79 Å². The molecule has 1 saturated carbocycles. The van der Waals surface area contributed by atoms with Gasteiger partial charge in [-0.3, -0.25) is 4.79 Å². The topological polar surface area (TPSA) is 40.5 Å². The molecule has 3 nitrogen and oxygen atoms in total. The van der Waals surface area contributed by atoms with Gasteiger partial charge < -0.3 is 10.0 Å². The van der Waals surface area contributed by atoms with E-state index in [-0.39, 0.29) is 6.42 Å². The third kappa shape index (κ3) is 4.20. The third-order valence-corrected chi connectivity index (χ3v) is 3.52. The summed E-state index contributed by atoms with van der Waals surface area (Å²) in [6.45, 7) is 6.13. The molecule has 88 valence electrons. The molecule has 0 heterocycles. The fraction of sp³-hybridized carbons (Fsp3) is 0.917. The highest BCUT2D eigenvalue weighted by atomic mass is 16.4. The minimum Gasteiger partial charge on any atom is -0.481 e. The van der Waals surface area contributed by atoms with Crippen LogP contribution in [0.2, 0.25) is 0 Å². The van der Waals surface area contributed by atoms with Gasteiger partial charge in [0.1, 0.15) is 0 Å². The fourth-order valence-corrected chi connectivity index (χ4v) is 2.45. The van der Waals surface area contributed by atoms with Crippen molar-refractivity contribution in [2.75, 3.05) is 13.1 Å². The summed E-state index contributed by atoms with van der Waals surface area (Å²) in [5.41, 5.74) is 0. The highest BCUT2D eigenvalue weighted by Gasteiger charge is 2.23. The van der Waals surface area contributed by atoms with Crippen LogP contribution in [-0.4, -0.2) is 35.1 Å². The van der Waals surface area contributed by atoms with Crippen molar-refractivity contribution in [3.8, 4) is 0 Å². The number of hydrogen-bond acceptors (Lipinski definition) is 2. The second-order valence-corrected chi connectivity index (χ2v) is 4.69. The Bertz CT molecular complexity index is 198. The molecule has 1 aliphatic carbocycles. The van der Waals surface area contributed by atoms with Crippen LogP contribution < -0.4 is 0 Å². The molecule has 1 fully saturated rings. The van der Waals surface area contributed by atoms with Gasteiger partial charge in [-0.25, -0.2) is 0 Å².